The van der Waals surface area contributed by atoms with E-state index in [0.29, 0.717) is 6.42 Å². The Morgan fingerprint density at radius 1 is 1.40 bits per heavy atom. The number of hydrogen-bond donors (Lipinski definition) is 2. The number of ketones is 1. The molecule has 20 heavy (non-hydrogen) atoms. The zero-order valence-corrected chi connectivity index (χ0v) is 12.2. The zero-order valence-electron chi connectivity index (χ0n) is 12.2. The maximum absolute atomic E-state index is 11.7. The van der Waals surface area contributed by atoms with Crippen LogP contribution in [0.5, 0.6) is 0 Å². The van der Waals surface area contributed by atoms with Gasteiger partial charge in [0.1, 0.15) is 0 Å². The number of allylic oxidation sites excluding steroid dienone is 1. The van der Waals surface area contributed by atoms with Crippen molar-refractivity contribution in [1.29, 1.82) is 0 Å². The van der Waals surface area contributed by atoms with Gasteiger partial charge in [0.05, 0.1) is 17.8 Å². The highest BCUT2D eigenvalue weighted by Crippen LogP contribution is 2.31. The number of Topliss-reactive ketones (excluding diaryl/α,β-unsaturated/α-hetero) is 1. The fourth-order valence-corrected chi connectivity index (χ4v) is 2.48. The average Bonchev–Trinajstić information content (AvgIpc) is 2.63. The Kier molecular flexibility index (Phi) is 6.71. The molecule has 1 fully saturated rings. The standard InChI is InChI=1S/C15H24O5/c1-3-4-5-6-7-8-11(17)14-12(18)9-13(19)15(14)20-10(2)16/h8,12,14-15,17-18H,3-7,9H2,1-2H3/b11-8+/t12-,14-,15?/m0/s1. The number of aliphatic hydroxyl groups is 2. The lowest BCUT2D eigenvalue weighted by atomic mass is 9.99. The molecule has 0 bridgehead atoms. The lowest BCUT2D eigenvalue weighted by molar-refractivity contribution is -0.153. The van der Waals surface area contributed by atoms with Gasteiger partial charge in [0.15, 0.2) is 11.9 Å². The molecule has 0 spiro atoms. The van der Waals surface area contributed by atoms with Crippen molar-refractivity contribution in [2.75, 3.05) is 0 Å². The van der Waals surface area contributed by atoms with E-state index in [9.17, 15) is 19.8 Å². The van der Waals surface area contributed by atoms with Gasteiger partial charge < -0.3 is 14.9 Å². The van der Waals surface area contributed by atoms with E-state index >= 15 is 0 Å². The Labute approximate surface area is 119 Å². The lowest BCUT2D eigenvalue weighted by Gasteiger charge is -2.20. The van der Waals surface area contributed by atoms with Crippen LogP contribution >= 0.6 is 0 Å². The van der Waals surface area contributed by atoms with E-state index < -0.39 is 24.1 Å². The van der Waals surface area contributed by atoms with Crippen molar-refractivity contribution in [3.05, 3.63) is 11.8 Å². The first kappa shape index (κ1) is 16.7. The molecule has 5 nitrogen and oxygen atoms in total. The predicted octanol–water partition coefficient (Wildman–Crippen LogP) is 2.28. The van der Waals surface area contributed by atoms with Crippen molar-refractivity contribution in [3.63, 3.8) is 0 Å². The lowest BCUT2D eigenvalue weighted by Crippen LogP contribution is -2.31. The molecule has 5 heteroatoms. The SMILES string of the molecule is CCCCCC/C=C(/O)[C@@H]1C(OC(C)=O)C(=O)C[C@@H]1O. The number of carbonyl (C=O) groups is 2. The molecule has 2 N–H and O–H groups in total. The summed E-state index contributed by atoms with van der Waals surface area (Å²) < 4.78 is 4.92. The molecular formula is C15H24O5. The number of hydrogen-bond acceptors (Lipinski definition) is 5. The summed E-state index contributed by atoms with van der Waals surface area (Å²) in [7, 11) is 0. The van der Waals surface area contributed by atoms with E-state index in [0.717, 1.165) is 25.7 Å². The normalized spacial score (nSPS) is 26.9. The molecule has 1 rings (SSSR count). The summed E-state index contributed by atoms with van der Waals surface area (Å²) in [6, 6.07) is 0. The van der Waals surface area contributed by atoms with Gasteiger partial charge in [-0.1, -0.05) is 26.2 Å². The van der Waals surface area contributed by atoms with Crippen LogP contribution in [0.1, 0.15) is 52.4 Å². The number of rotatable bonds is 7. The van der Waals surface area contributed by atoms with E-state index in [2.05, 4.69) is 6.92 Å². The molecule has 114 valence electrons. The zero-order chi connectivity index (χ0) is 15.1. The van der Waals surface area contributed by atoms with Crippen LogP contribution in [-0.4, -0.2) is 34.2 Å². The number of ether oxygens (including phenoxy) is 1. The highest BCUT2D eigenvalue weighted by atomic mass is 16.5. The van der Waals surface area contributed by atoms with Gasteiger partial charge in [0.25, 0.3) is 0 Å². The summed E-state index contributed by atoms with van der Waals surface area (Å²) in [4.78, 5) is 22.7. The summed E-state index contributed by atoms with van der Waals surface area (Å²) >= 11 is 0. The molecule has 1 aliphatic rings. The smallest absolute Gasteiger partial charge is 0.303 e. The third kappa shape index (κ3) is 4.63. The number of esters is 1. The van der Waals surface area contributed by atoms with Gasteiger partial charge in [-0.15, -0.1) is 0 Å². The Hall–Kier alpha value is -1.36. The third-order valence-electron chi connectivity index (χ3n) is 3.51. The van der Waals surface area contributed by atoms with Gasteiger partial charge in [-0.2, -0.15) is 0 Å². The molecule has 0 aromatic carbocycles. The van der Waals surface area contributed by atoms with Crippen LogP contribution in [0, 0.1) is 5.92 Å². The Balaban J connectivity index is 2.62. The Morgan fingerprint density at radius 2 is 2.10 bits per heavy atom. The minimum absolute atomic E-state index is 0.0499. The minimum Gasteiger partial charge on any atom is -0.512 e. The fraction of sp³-hybridized carbons (Fsp3) is 0.733. The Bertz CT molecular complexity index is 374. The van der Waals surface area contributed by atoms with Gasteiger partial charge in [0.2, 0.25) is 0 Å². The topological polar surface area (TPSA) is 83.8 Å². The second-order valence-corrected chi connectivity index (χ2v) is 5.27. The van der Waals surface area contributed by atoms with E-state index in [1.54, 1.807) is 6.08 Å². The fourth-order valence-electron chi connectivity index (χ4n) is 2.48. The van der Waals surface area contributed by atoms with Gasteiger partial charge >= 0.3 is 5.97 Å². The van der Waals surface area contributed by atoms with Crippen molar-refractivity contribution >= 4 is 11.8 Å². The summed E-state index contributed by atoms with van der Waals surface area (Å²) in [6.45, 7) is 3.33. The molecule has 0 aromatic heterocycles. The molecule has 1 unspecified atom stereocenters. The van der Waals surface area contributed by atoms with Crippen molar-refractivity contribution in [2.45, 2.75) is 64.6 Å². The number of carbonyl (C=O) groups excluding carboxylic acids is 2. The summed E-state index contributed by atoms with van der Waals surface area (Å²) in [5.74, 6) is -1.80. The molecule has 1 saturated carbocycles. The van der Waals surface area contributed by atoms with Crippen LogP contribution in [0.3, 0.4) is 0 Å². The van der Waals surface area contributed by atoms with Crippen LogP contribution in [0.4, 0.5) is 0 Å². The van der Waals surface area contributed by atoms with E-state index in [4.69, 9.17) is 4.74 Å². The van der Waals surface area contributed by atoms with Crippen molar-refractivity contribution in [3.8, 4) is 0 Å². The molecule has 0 saturated heterocycles. The van der Waals surface area contributed by atoms with Crippen LogP contribution in [0.25, 0.3) is 0 Å². The van der Waals surface area contributed by atoms with Crippen LogP contribution in [-0.2, 0) is 14.3 Å². The monoisotopic (exact) mass is 284 g/mol. The van der Waals surface area contributed by atoms with Crippen LogP contribution in [0.15, 0.2) is 11.8 Å². The molecule has 0 amide bonds. The second-order valence-electron chi connectivity index (χ2n) is 5.27. The summed E-state index contributed by atoms with van der Waals surface area (Å²) in [5.41, 5.74) is 0. The molecular weight excluding hydrogens is 260 g/mol. The maximum atomic E-state index is 11.7. The molecule has 1 aliphatic carbocycles. The van der Waals surface area contributed by atoms with Gasteiger partial charge in [-0.25, -0.2) is 0 Å². The molecule has 0 aliphatic heterocycles. The number of aliphatic hydroxyl groups excluding tert-OH is 2. The van der Waals surface area contributed by atoms with Crippen molar-refractivity contribution in [1.82, 2.24) is 0 Å². The third-order valence-corrected chi connectivity index (χ3v) is 3.51. The first-order chi connectivity index (χ1) is 9.47. The van der Waals surface area contributed by atoms with E-state index in [-0.39, 0.29) is 18.0 Å². The molecule has 3 atom stereocenters. The van der Waals surface area contributed by atoms with Gasteiger partial charge in [-0.3, -0.25) is 9.59 Å². The maximum Gasteiger partial charge on any atom is 0.303 e. The highest BCUT2D eigenvalue weighted by molar-refractivity contribution is 5.88. The van der Waals surface area contributed by atoms with Crippen LogP contribution in [0.2, 0.25) is 0 Å². The van der Waals surface area contributed by atoms with Crippen molar-refractivity contribution < 1.29 is 24.5 Å². The highest BCUT2D eigenvalue weighted by Gasteiger charge is 2.46. The largest absolute Gasteiger partial charge is 0.512 e. The van der Waals surface area contributed by atoms with Gasteiger partial charge in [0, 0.05) is 13.3 Å². The Morgan fingerprint density at radius 3 is 2.70 bits per heavy atom. The first-order valence-electron chi connectivity index (χ1n) is 7.24. The molecule has 0 radical (unpaired) electrons. The second kappa shape index (κ2) is 8.04. The number of unbranched alkanes of at least 4 members (excludes halogenated alkanes) is 4. The van der Waals surface area contributed by atoms with Crippen LogP contribution < -0.4 is 0 Å². The van der Waals surface area contributed by atoms with E-state index in [1.165, 1.54) is 6.92 Å². The van der Waals surface area contributed by atoms with E-state index in [1.807, 2.05) is 0 Å². The average molecular weight is 284 g/mol. The summed E-state index contributed by atoms with van der Waals surface area (Å²) in [6.07, 6.45) is 4.50. The minimum atomic E-state index is -1.06. The quantitative estimate of drug-likeness (QED) is 0.425. The predicted molar refractivity (Wildman–Crippen MR) is 74.1 cm³/mol. The van der Waals surface area contributed by atoms with Gasteiger partial charge in [-0.05, 0) is 18.9 Å². The first-order valence-corrected chi connectivity index (χ1v) is 7.24. The molecule has 0 aromatic rings. The molecule has 0 heterocycles. The van der Waals surface area contributed by atoms with Crippen molar-refractivity contribution in [2.24, 2.45) is 5.92 Å². The summed E-state index contributed by atoms with van der Waals surface area (Å²) in [5, 5.41) is 19.9.